The summed E-state index contributed by atoms with van der Waals surface area (Å²) in [4.78, 5) is 37.3. The highest BCUT2D eigenvalue weighted by Gasteiger charge is 2.50. The molecule has 8 atom stereocenters. The number of benzene rings is 3. The van der Waals surface area contributed by atoms with Gasteiger partial charge in [-0.1, -0.05) is 67.1 Å². The second-order valence-electron chi connectivity index (χ2n) is 20.0. The predicted molar refractivity (Wildman–Crippen MR) is 259 cm³/mol. The molecule has 4 heterocycles. The highest BCUT2D eigenvalue weighted by molar-refractivity contribution is 7.99. The summed E-state index contributed by atoms with van der Waals surface area (Å²) in [5.41, 5.74) is 4.39. The van der Waals surface area contributed by atoms with Gasteiger partial charge < -0.3 is 19.3 Å². The van der Waals surface area contributed by atoms with Crippen LogP contribution < -0.4 is 14.4 Å². The lowest BCUT2D eigenvalue weighted by molar-refractivity contribution is -0.136. The second kappa shape index (κ2) is 18.8. The Balaban J connectivity index is 0.999. The van der Waals surface area contributed by atoms with Crippen LogP contribution in [0.4, 0.5) is 5.69 Å². The first-order valence-electron chi connectivity index (χ1n) is 23.9. The molecule has 0 aromatic heterocycles. The Morgan fingerprint density at radius 3 is 2.64 bits per heavy atom. The van der Waals surface area contributed by atoms with Crippen LogP contribution >= 0.6 is 11.6 Å². The molecule has 64 heavy (non-hydrogen) atoms. The monoisotopic (exact) mass is 909 g/mol. The number of hydrogen-bond acceptors (Lipinski definition) is 8. The Morgan fingerprint density at radius 2 is 1.84 bits per heavy atom. The molecule has 2 amide bonds. The van der Waals surface area contributed by atoms with Crippen molar-refractivity contribution in [2.45, 2.75) is 93.9 Å². The average Bonchev–Trinajstić information content (AvgIpc) is 3.43. The van der Waals surface area contributed by atoms with Crippen molar-refractivity contribution in [2.24, 2.45) is 17.8 Å². The molecule has 344 valence electrons. The summed E-state index contributed by atoms with van der Waals surface area (Å²) in [6.45, 7) is 12.1. The third kappa shape index (κ3) is 9.26. The van der Waals surface area contributed by atoms with Gasteiger partial charge in [0.25, 0.3) is 5.91 Å². The minimum Gasteiger partial charge on any atom is -0.490 e. The fourth-order valence-electron chi connectivity index (χ4n) is 11.9. The molecule has 1 spiro atoms. The first kappa shape index (κ1) is 45.3. The lowest BCUT2D eigenvalue weighted by atomic mass is 9.63. The summed E-state index contributed by atoms with van der Waals surface area (Å²) >= 11 is 6.57. The van der Waals surface area contributed by atoms with Crippen molar-refractivity contribution in [1.82, 2.24) is 19.4 Å². The summed E-state index contributed by atoms with van der Waals surface area (Å²) in [5.74, 6) is 5.31. The number of carbonyl (C=O) groups excluding carboxylic acids is 2. The van der Waals surface area contributed by atoms with Crippen molar-refractivity contribution in [3.8, 4) is 5.75 Å². The number of amides is 2. The van der Waals surface area contributed by atoms with Gasteiger partial charge in [0.2, 0.25) is 5.91 Å². The Bertz CT molecular complexity index is 2330. The minimum absolute atomic E-state index is 0.0106. The summed E-state index contributed by atoms with van der Waals surface area (Å²) in [6.07, 6.45) is 12.8. The molecule has 2 aliphatic carbocycles. The number of halogens is 1. The smallest absolute Gasteiger partial charge is 0.262 e. The standard InChI is InChI=1S/C52H68ClN5O5S/c1-37-11-9-24-52(62-3,35-55-25-26-56-27-28-57(33-44(56)32-55)49(59)16-8-14-39-12-6-5-7-13-39)46-20-17-42(46)31-58-34-51(23-10-15-40-29-43(53)19-21-45(40)51)36-63-48-22-18-41(30-47(48)58)50(60)54-64(4,61)38(37)2/h5-7,9,12-13,18-19,21-22,24,29-30,37-38,42,44,46H,4,8,10-11,14-17,20,23,25-28,31-36H2,1-3H3,(H,54,60,61)/b24-9+/t37-,38+,42-,44+,46+,51-,52+,64?/m0/s1. The molecule has 6 aliphatic rings. The van der Waals surface area contributed by atoms with E-state index >= 15 is 0 Å². The predicted octanol–water partition coefficient (Wildman–Crippen LogP) is 7.42. The van der Waals surface area contributed by atoms with Crippen molar-refractivity contribution in [2.75, 3.05) is 77.5 Å². The Hall–Kier alpha value is -3.87. The Kier molecular flexibility index (Phi) is 13.3. The number of piperazine rings is 2. The van der Waals surface area contributed by atoms with Crippen LogP contribution in [0.3, 0.4) is 0 Å². The van der Waals surface area contributed by atoms with Crippen LogP contribution in [0.15, 0.2) is 78.9 Å². The topological polar surface area (TPSA) is 94.7 Å². The average molecular weight is 911 g/mol. The zero-order valence-corrected chi connectivity index (χ0v) is 39.7. The van der Waals surface area contributed by atoms with Crippen LogP contribution in [0.25, 0.3) is 0 Å². The third-order valence-electron chi connectivity index (χ3n) is 16.1. The van der Waals surface area contributed by atoms with Gasteiger partial charge in [-0.15, -0.1) is 0 Å². The maximum atomic E-state index is 14.2. The van der Waals surface area contributed by atoms with Gasteiger partial charge in [-0.25, -0.2) is 4.21 Å². The van der Waals surface area contributed by atoms with E-state index in [1.54, 1.807) is 6.07 Å². The molecule has 3 fully saturated rings. The van der Waals surface area contributed by atoms with E-state index in [1.807, 2.05) is 38.3 Å². The highest BCUT2D eigenvalue weighted by Crippen LogP contribution is 2.49. The lowest BCUT2D eigenvalue weighted by Crippen LogP contribution is -2.65. The van der Waals surface area contributed by atoms with Crippen LogP contribution in [-0.2, 0) is 37.5 Å². The molecule has 0 radical (unpaired) electrons. The van der Waals surface area contributed by atoms with E-state index in [4.69, 9.17) is 21.1 Å². The van der Waals surface area contributed by atoms with Crippen molar-refractivity contribution in [3.05, 3.63) is 106 Å². The maximum Gasteiger partial charge on any atom is 0.262 e. The second-order valence-corrected chi connectivity index (χ2v) is 22.8. The van der Waals surface area contributed by atoms with Crippen molar-refractivity contribution < 1.29 is 23.3 Å². The molecular formula is C52H68ClN5O5S. The van der Waals surface area contributed by atoms with Gasteiger partial charge in [0.1, 0.15) is 11.4 Å². The van der Waals surface area contributed by atoms with Gasteiger partial charge in [-0.05, 0) is 129 Å². The van der Waals surface area contributed by atoms with Gasteiger partial charge >= 0.3 is 0 Å². The van der Waals surface area contributed by atoms with Crippen molar-refractivity contribution >= 4 is 44.7 Å². The molecule has 10 nitrogen and oxygen atoms in total. The molecule has 2 bridgehead atoms. The van der Waals surface area contributed by atoms with E-state index < -0.39 is 15.3 Å². The van der Waals surface area contributed by atoms with E-state index in [1.165, 1.54) is 16.7 Å². The molecule has 3 aromatic carbocycles. The van der Waals surface area contributed by atoms with Crippen LogP contribution in [0.2, 0.25) is 5.02 Å². The first-order chi connectivity index (χ1) is 30.8. The van der Waals surface area contributed by atoms with E-state index in [0.717, 1.165) is 120 Å². The van der Waals surface area contributed by atoms with Gasteiger partial charge in [0.15, 0.2) is 0 Å². The number of rotatable bonds is 7. The van der Waals surface area contributed by atoms with Crippen LogP contribution in [0.5, 0.6) is 5.75 Å². The zero-order valence-electron chi connectivity index (χ0n) is 38.2. The molecular weight excluding hydrogens is 842 g/mol. The number of nitrogens with zero attached hydrogens (tertiary/aromatic N) is 4. The third-order valence-corrected chi connectivity index (χ3v) is 18.5. The number of methoxy groups -OCH3 is 1. The molecule has 1 unspecified atom stereocenters. The normalized spacial score (nSPS) is 32.8. The van der Waals surface area contributed by atoms with Crippen LogP contribution in [-0.4, -0.2) is 126 Å². The van der Waals surface area contributed by atoms with Gasteiger partial charge in [-0.3, -0.25) is 24.1 Å². The molecule has 12 heteroatoms. The quantitative estimate of drug-likeness (QED) is 0.194. The lowest BCUT2D eigenvalue weighted by Gasteiger charge is -2.53. The summed E-state index contributed by atoms with van der Waals surface area (Å²) < 4.78 is 30.8. The van der Waals surface area contributed by atoms with Crippen molar-refractivity contribution in [1.29, 1.82) is 0 Å². The maximum absolute atomic E-state index is 14.2. The molecule has 1 saturated carbocycles. The van der Waals surface area contributed by atoms with Gasteiger partial charge in [-0.2, -0.15) is 0 Å². The summed E-state index contributed by atoms with van der Waals surface area (Å²) in [5, 5.41) is 0.387. The molecule has 2 saturated heterocycles. The van der Waals surface area contributed by atoms with Gasteiger partial charge in [0.05, 0.1) is 22.0 Å². The number of aryl methyl sites for hydroxylation is 2. The number of fused-ring (bicyclic) bond motifs is 5. The number of ether oxygens (including phenoxy) is 2. The highest BCUT2D eigenvalue weighted by atomic mass is 35.5. The van der Waals surface area contributed by atoms with Crippen LogP contribution in [0, 0.1) is 17.8 Å². The van der Waals surface area contributed by atoms with Crippen LogP contribution in [0.1, 0.15) is 85.8 Å². The zero-order chi connectivity index (χ0) is 44.6. The Morgan fingerprint density at radius 1 is 1.02 bits per heavy atom. The van der Waals surface area contributed by atoms with E-state index in [9.17, 15) is 13.8 Å². The Labute approximate surface area is 386 Å². The van der Waals surface area contributed by atoms with E-state index in [-0.39, 0.29) is 40.4 Å². The summed E-state index contributed by atoms with van der Waals surface area (Å²) in [6, 6.07) is 22.7. The van der Waals surface area contributed by atoms with E-state index in [2.05, 4.69) is 85.7 Å². The first-order valence-corrected chi connectivity index (χ1v) is 26.0. The fraction of sp³-hybridized carbons (Fsp3) is 0.558. The van der Waals surface area contributed by atoms with Crippen molar-refractivity contribution in [3.63, 3.8) is 0 Å². The number of carbonyl (C=O) groups is 2. The number of allylic oxidation sites excluding steroid dienone is 1. The molecule has 1 N–H and O–H groups in total. The fourth-order valence-corrected chi connectivity index (χ4v) is 13.6. The number of anilines is 1. The van der Waals surface area contributed by atoms with E-state index in [0.29, 0.717) is 30.9 Å². The summed E-state index contributed by atoms with van der Waals surface area (Å²) in [7, 11) is -1.12. The number of nitrogens with one attached hydrogen (secondary N) is 1. The molecule has 3 aromatic rings. The minimum atomic E-state index is -3.00. The molecule has 4 aliphatic heterocycles. The number of hydrogen-bond donors (Lipinski definition) is 1. The molecule has 9 rings (SSSR count). The largest absolute Gasteiger partial charge is 0.490 e. The SMILES string of the molecule is C=S1(=O)NC(=O)c2ccc3c(c2)N(C[C@@H]2CC[C@H]2[C@@](CN2CCN4CCN(C(=O)CCCc5ccccc5)C[C@H]4C2)(OC)/C=C/C[C@H](C)[C@H]1C)C[C@@]1(CCCc2cc(Cl)ccc21)CO3. The van der Waals surface area contributed by atoms with Gasteiger partial charge in [0, 0.05) is 99.7 Å².